The fourth-order valence-corrected chi connectivity index (χ4v) is 1.86. The molecular weight excluding hydrogens is 336 g/mol. The number of allylic oxidation sites excluding steroid dienone is 2. The molecule has 26 heavy (non-hydrogen) atoms. The standard InChI is InChI=1S/C18H12N4O4/c19-7-13(21-9-11-3-1-5-15(23)17(11)25)14(8-20)22-10-12-4-2-6-16(24)18(12)26/h1-6,9-10,23-26H/b14-13-,21-9?,22-10?. The van der Waals surface area contributed by atoms with Gasteiger partial charge in [0.15, 0.2) is 34.4 Å². The highest BCUT2D eigenvalue weighted by atomic mass is 16.3. The molecule has 0 aromatic heterocycles. The van der Waals surface area contributed by atoms with E-state index in [4.69, 9.17) is 0 Å². The molecule has 0 atom stereocenters. The van der Waals surface area contributed by atoms with E-state index in [1.165, 1.54) is 36.4 Å². The van der Waals surface area contributed by atoms with Crippen LogP contribution in [-0.4, -0.2) is 32.9 Å². The predicted molar refractivity (Wildman–Crippen MR) is 93.0 cm³/mol. The second-order valence-electron chi connectivity index (χ2n) is 4.87. The van der Waals surface area contributed by atoms with Crippen LogP contribution in [0.2, 0.25) is 0 Å². The Morgan fingerprint density at radius 2 is 1.12 bits per heavy atom. The number of para-hydroxylation sites is 2. The van der Waals surface area contributed by atoms with Crippen molar-refractivity contribution in [1.82, 2.24) is 0 Å². The smallest absolute Gasteiger partial charge is 0.176 e. The Hall–Kier alpha value is -4.30. The maximum atomic E-state index is 9.70. The van der Waals surface area contributed by atoms with Gasteiger partial charge in [-0.1, -0.05) is 12.1 Å². The van der Waals surface area contributed by atoms with Crippen LogP contribution in [0.4, 0.5) is 0 Å². The molecule has 0 aliphatic heterocycles. The summed E-state index contributed by atoms with van der Waals surface area (Å²) in [4.78, 5) is 7.62. The predicted octanol–water partition coefficient (Wildman–Crippen LogP) is 2.31. The van der Waals surface area contributed by atoms with Crippen molar-refractivity contribution in [2.45, 2.75) is 0 Å². The first kappa shape index (κ1) is 18.0. The van der Waals surface area contributed by atoms with E-state index < -0.39 is 11.5 Å². The minimum Gasteiger partial charge on any atom is -0.504 e. The monoisotopic (exact) mass is 348 g/mol. The third-order valence-corrected chi connectivity index (χ3v) is 3.19. The Morgan fingerprint density at radius 3 is 1.46 bits per heavy atom. The van der Waals surface area contributed by atoms with Crippen LogP contribution in [0.3, 0.4) is 0 Å². The zero-order valence-corrected chi connectivity index (χ0v) is 13.2. The fraction of sp³-hybridized carbons (Fsp3) is 0. The van der Waals surface area contributed by atoms with Crippen LogP contribution < -0.4 is 0 Å². The number of phenols is 4. The van der Waals surface area contributed by atoms with Crippen LogP contribution in [-0.2, 0) is 0 Å². The topological polar surface area (TPSA) is 153 Å². The lowest BCUT2D eigenvalue weighted by Gasteiger charge is -2.01. The van der Waals surface area contributed by atoms with Crippen molar-refractivity contribution in [3.8, 4) is 35.1 Å². The zero-order chi connectivity index (χ0) is 19.1. The van der Waals surface area contributed by atoms with E-state index >= 15 is 0 Å². The molecule has 2 rings (SSSR count). The van der Waals surface area contributed by atoms with Crippen molar-refractivity contribution < 1.29 is 20.4 Å². The van der Waals surface area contributed by atoms with E-state index in [1.807, 2.05) is 0 Å². The number of nitrogens with zero attached hydrogens (tertiary/aromatic N) is 4. The molecule has 128 valence electrons. The van der Waals surface area contributed by atoms with Gasteiger partial charge in [0.05, 0.1) is 0 Å². The average Bonchev–Trinajstić information content (AvgIpc) is 2.64. The van der Waals surface area contributed by atoms with E-state index in [2.05, 4.69) is 9.98 Å². The van der Waals surface area contributed by atoms with Crippen LogP contribution in [0, 0.1) is 22.7 Å². The van der Waals surface area contributed by atoms with Gasteiger partial charge in [0.1, 0.15) is 12.1 Å². The Balaban J connectivity index is 2.39. The van der Waals surface area contributed by atoms with Crippen LogP contribution in [0.5, 0.6) is 23.0 Å². The highest BCUT2D eigenvalue weighted by Gasteiger charge is 2.07. The third kappa shape index (κ3) is 3.96. The Morgan fingerprint density at radius 1 is 0.731 bits per heavy atom. The van der Waals surface area contributed by atoms with Gasteiger partial charge < -0.3 is 20.4 Å². The van der Waals surface area contributed by atoms with Gasteiger partial charge in [0.25, 0.3) is 0 Å². The molecule has 0 spiro atoms. The number of aliphatic imine (C=N–C) groups is 2. The lowest BCUT2D eigenvalue weighted by molar-refractivity contribution is 0.403. The molecule has 2 aromatic rings. The molecule has 4 N–H and O–H groups in total. The number of aromatic hydroxyl groups is 4. The van der Waals surface area contributed by atoms with E-state index in [1.54, 1.807) is 12.1 Å². The molecule has 0 saturated heterocycles. The summed E-state index contributed by atoms with van der Waals surface area (Å²) in [5.41, 5.74) is -0.397. The first-order valence-corrected chi connectivity index (χ1v) is 7.12. The SMILES string of the molecule is N#C/C(N=Cc1cccc(O)c1O)=C(\C#N)N=Cc1cccc(O)c1O. The van der Waals surface area contributed by atoms with E-state index in [0.717, 1.165) is 12.4 Å². The fourth-order valence-electron chi connectivity index (χ4n) is 1.86. The van der Waals surface area contributed by atoms with Gasteiger partial charge in [-0.3, -0.25) is 0 Å². The van der Waals surface area contributed by atoms with Crippen molar-refractivity contribution in [3.05, 3.63) is 58.9 Å². The lowest BCUT2D eigenvalue weighted by atomic mass is 10.2. The molecule has 0 aliphatic carbocycles. The molecule has 0 bridgehead atoms. The van der Waals surface area contributed by atoms with Crippen molar-refractivity contribution >= 4 is 12.4 Å². The summed E-state index contributed by atoms with van der Waals surface area (Å²) in [5.74, 6) is -1.54. The molecule has 8 heteroatoms. The molecule has 0 radical (unpaired) electrons. The first-order chi connectivity index (χ1) is 12.5. The maximum absolute atomic E-state index is 9.70. The van der Waals surface area contributed by atoms with Crippen molar-refractivity contribution in [1.29, 1.82) is 10.5 Å². The van der Waals surface area contributed by atoms with Gasteiger partial charge in [0.2, 0.25) is 0 Å². The number of hydrogen-bond acceptors (Lipinski definition) is 8. The number of rotatable bonds is 4. The number of hydrogen-bond donors (Lipinski definition) is 4. The molecular formula is C18H12N4O4. The van der Waals surface area contributed by atoms with Crippen molar-refractivity contribution in [2.75, 3.05) is 0 Å². The number of phenolic OH excluding ortho intramolecular Hbond substituents is 4. The minimum absolute atomic E-state index is 0.143. The molecule has 0 unspecified atom stereocenters. The van der Waals surface area contributed by atoms with E-state index in [0.29, 0.717) is 0 Å². The van der Waals surface area contributed by atoms with Gasteiger partial charge in [-0.05, 0) is 24.3 Å². The van der Waals surface area contributed by atoms with Crippen molar-refractivity contribution in [3.63, 3.8) is 0 Å². The Kier molecular flexibility index (Phi) is 5.55. The van der Waals surface area contributed by atoms with E-state index in [9.17, 15) is 30.9 Å². The Bertz CT molecular complexity index is 929. The van der Waals surface area contributed by atoms with Gasteiger partial charge >= 0.3 is 0 Å². The highest BCUT2D eigenvalue weighted by molar-refractivity contribution is 5.87. The second-order valence-corrected chi connectivity index (χ2v) is 4.87. The molecule has 0 amide bonds. The maximum Gasteiger partial charge on any atom is 0.176 e. The summed E-state index contributed by atoms with van der Waals surface area (Å²) in [6.07, 6.45) is 2.21. The lowest BCUT2D eigenvalue weighted by Crippen LogP contribution is -1.89. The highest BCUT2D eigenvalue weighted by Crippen LogP contribution is 2.28. The summed E-state index contributed by atoms with van der Waals surface area (Å²) in [5, 5.41) is 56.6. The Labute approximate surface area is 148 Å². The summed E-state index contributed by atoms with van der Waals surface area (Å²) in [6.45, 7) is 0. The molecule has 0 fully saturated rings. The largest absolute Gasteiger partial charge is 0.504 e. The number of nitriles is 2. The molecule has 0 aliphatic rings. The quantitative estimate of drug-likeness (QED) is 0.378. The summed E-state index contributed by atoms with van der Waals surface area (Å²) in [6, 6.07) is 11.8. The molecule has 0 heterocycles. The summed E-state index contributed by atoms with van der Waals surface area (Å²) >= 11 is 0. The van der Waals surface area contributed by atoms with Crippen LogP contribution in [0.25, 0.3) is 0 Å². The molecule has 0 saturated carbocycles. The van der Waals surface area contributed by atoms with Crippen LogP contribution in [0.15, 0.2) is 57.8 Å². The van der Waals surface area contributed by atoms with Crippen molar-refractivity contribution in [2.24, 2.45) is 9.98 Å². The van der Waals surface area contributed by atoms with Crippen LogP contribution in [0.1, 0.15) is 11.1 Å². The zero-order valence-electron chi connectivity index (χ0n) is 13.2. The molecule has 8 nitrogen and oxygen atoms in total. The van der Waals surface area contributed by atoms with E-state index in [-0.39, 0.29) is 34.0 Å². The second kappa shape index (κ2) is 7.99. The third-order valence-electron chi connectivity index (χ3n) is 3.19. The van der Waals surface area contributed by atoms with Crippen LogP contribution >= 0.6 is 0 Å². The molecule has 2 aromatic carbocycles. The van der Waals surface area contributed by atoms with Gasteiger partial charge in [-0.25, -0.2) is 9.98 Å². The van der Waals surface area contributed by atoms with Gasteiger partial charge in [0, 0.05) is 23.6 Å². The summed E-state index contributed by atoms with van der Waals surface area (Å²) < 4.78 is 0. The number of benzene rings is 2. The normalized spacial score (nSPS) is 11.9. The summed E-state index contributed by atoms with van der Waals surface area (Å²) in [7, 11) is 0. The first-order valence-electron chi connectivity index (χ1n) is 7.12. The van der Waals surface area contributed by atoms with Gasteiger partial charge in [-0.15, -0.1) is 0 Å². The minimum atomic E-state index is -0.416. The average molecular weight is 348 g/mol. The van der Waals surface area contributed by atoms with Gasteiger partial charge in [-0.2, -0.15) is 10.5 Å².